The van der Waals surface area contributed by atoms with Gasteiger partial charge in [0.15, 0.2) is 0 Å². The molecule has 2 aliphatic carbocycles. The van der Waals surface area contributed by atoms with Crippen molar-refractivity contribution in [2.75, 3.05) is 0 Å². The Morgan fingerprint density at radius 2 is 1.67 bits per heavy atom. The van der Waals surface area contributed by atoms with Crippen LogP contribution in [0.25, 0.3) is 0 Å². The topological polar surface area (TPSA) is 34.1 Å². The van der Waals surface area contributed by atoms with Gasteiger partial charge in [-0.1, -0.05) is 26.2 Å². The number of ketones is 2. The Morgan fingerprint density at radius 3 is 2.20 bits per heavy atom. The van der Waals surface area contributed by atoms with E-state index in [4.69, 9.17) is 0 Å². The fourth-order valence-corrected chi connectivity index (χ4v) is 2.64. The minimum atomic E-state index is 0.205. The number of rotatable bonds is 4. The largest absolute Gasteiger partial charge is 0.299 e. The van der Waals surface area contributed by atoms with Gasteiger partial charge in [-0.25, -0.2) is 0 Å². The molecule has 84 valence electrons. The Kier molecular flexibility index (Phi) is 3.22. The third-order valence-electron chi connectivity index (χ3n) is 3.93. The van der Waals surface area contributed by atoms with Crippen LogP contribution in [0.15, 0.2) is 0 Å². The van der Waals surface area contributed by atoms with Crippen LogP contribution >= 0.6 is 0 Å². The van der Waals surface area contributed by atoms with E-state index in [0.29, 0.717) is 5.92 Å². The molecule has 0 aromatic carbocycles. The Morgan fingerprint density at radius 1 is 1.07 bits per heavy atom. The minimum Gasteiger partial charge on any atom is -0.299 e. The van der Waals surface area contributed by atoms with E-state index < -0.39 is 0 Å². The van der Waals surface area contributed by atoms with Gasteiger partial charge in [-0.2, -0.15) is 0 Å². The maximum atomic E-state index is 11.8. The normalized spacial score (nSPS) is 31.3. The third-order valence-corrected chi connectivity index (χ3v) is 3.93. The molecule has 0 bridgehead atoms. The highest BCUT2D eigenvalue weighted by Crippen LogP contribution is 2.39. The van der Waals surface area contributed by atoms with Gasteiger partial charge in [0.05, 0.1) is 6.42 Å². The molecule has 0 heterocycles. The van der Waals surface area contributed by atoms with E-state index in [1.807, 2.05) is 0 Å². The zero-order valence-corrected chi connectivity index (χ0v) is 9.50. The van der Waals surface area contributed by atoms with E-state index in [9.17, 15) is 9.59 Å². The second-order valence-corrected chi connectivity index (χ2v) is 5.26. The third kappa shape index (κ3) is 2.67. The SMILES string of the molecule is CC1CC1C(=O)CC(=O)C1CCCCC1. The highest BCUT2D eigenvalue weighted by molar-refractivity contribution is 6.02. The molecule has 2 heteroatoms. The van der Waals surface area contributed by atoms with Crippen molar-refractivity contribution in [2.45, 2.75) is 51.9 Å². The second-order valence-electron chi connectivity index (χ2n) is 5.26. The minimum absolute atomic E-state index is 0.205. The average molecular weight is 208 g/mol. The molecule has 2 saturated carbocycles. The van der Waals surface area contributed by atoms with Crippen LogP contribution in [0, 0.1) is 17.8 Å². The van der Waals surface area contributed by atoms with Crippen molar-refractivity contribution in [3.8, 4) is 0 Å². The van der Waals surface area contributed by atoms with Crippen LogP contribution in [0.5, 0.6) is 0 Å². The van der Waals surface area contributed by atoms with Crippen molar-refractivity contribution in [1.82, 2.24) is 0 Å². The maximum absolute atomic E-state index is 11.8. The van der Waals surface area contributed by atoms with Gasteiger partial charge in [0.25, 0.3) is 0 Å². The number of carbonyl (C=O) groups is 2. The van der Waals surface area contributed by atoms with E-state index in [0.717, 1.165) is 19.3 Å². The lowest BCUT2D eigenvalue weighted by atomic mass is 9.84. The van der Waals surface area contributed by atoms with Crippen molar-refractivity contribution in [2.24, 2.45) is 17.8 Å². The lowest BCUT2D eigenvalue weighted by Crippen LogP contribution is -2.21. The van der Waals surface area contributed by atoms with Crippen LogP contribution in [0.4, 0.5) is 0 Å². The number of Topliss-reactive ketones (excluding diaryl/α,β-unsaturated/α-hetero) is 2. The van der Waals surface area contributed by atoms with E-state index >= 15 is 0 Å². The summed E-state index contributed by atoms with van der Waals surface area (Å²) in [6.07, 6.45) is 6.88. The summed E-state index contributed by atoms with van der Waals surface area (Å²) in [5, 5.41) is 0. The molecule has 0 N–H and O–H groups in total. The standard InChI is InChI=1S/C13H20O2/c1-9-7-11(9)13(15)8-12(14)10-5-3-2-4-6-10/h9-11H,2-8H2,1H3. The van der Waals surface area contributed by atoms with Gasteiger partial charge in [0.2, 0.25) is 0 Å². The van der Waals surface area contributed by atoms with Crippen molar-refractivity contribution in [1.29, 1.82) is 0 Å². The zero-order valence-electron chi connectivity index (χ0n) is 9.50. The quantitative estimate of drug-likeness (QED) is 0.666. The first kappa shape index (κ1) is 10.8. The van der Waals surface area contributed by atoms with Crippen LogP contribution in [-0.2, 0) is 9.59 Å². The summed E-state index contributed by atoms with van der Waals surface area (Å²) in [6.45, 7) is 2.09. The van der Waals surface area contributed by atoms with E-state index in [1.165, 1.54) is 19.3 Å². The Hall–Kier alpha value is -0.660. The van der Waals surface area contributed by atoms with E-state index in [-0.39, 0.29) is 29.8 Å². The molecule has 0 spiro atoms. The van der Waals surface area contributed by atoms with Crippen molar-refractivity contribution in [3.05, 3.63) is 0 Å². The molecule has 0 amide bonds. The predicted octanol–water partition coefficient (Wildman–Crippen LogP) is 2.75. The van der Waals surface area contributed by atoms with Gasteiger partial charge in [0.1, 0.15) is 11.6 Å². The molecule has 2 unspecified atom stereocenters. The van der Waals surface area contributed by atoms with Gasteiger partial charge < -0.3 is 0 Å². The lowest BCUT2D eigenvalue weighted by molar-refractivity contribution is -0.130. The monoisotopic (exact) mass is 208 g/mol. The van der Waals surface area contributed by atoms with Crippen molar-refractivity contribution in [3.63, 3.8) is 0 Å². The summed E-state index contributed by atoms with van der Waals surface area (Å²) in [6, 6.07) is 0. The predicted molar refractivity (Wildman–Crippen MR) is 58.5 cm³/mol. The van der Waals surface area contributed by atoms with Gasteiger partial charge >= 0.3 is 0 Å². The number of hydrogen-bond donors (Lipinski definition) is 0. The molecule has 0 saturated heterocycles. The molecule has 2 aliphatic rings. The summed E-state index contributed by atoms with van der Waals surface area (Å²) in [7, 11) is 0. The van der Waals surface area contributed by atoms with Gasteiger partial charge in [-0.15, -0.1) is 0 Å². The fourth-order valence-electron chi connectivity index (χ4n) is 2.64. The summed E-state index contributed by atoms with van der Waals surface area (Å²) in [5.74, 6) is 1.39. The van der Waals surface area contributed by atoms with Gasteiger partial charge in [-0.05, 0) is 25.2 Å². The summed E-state index contributed by atoms with van der Waals surface area (Å²) < 4.78 is 0. The van der Waals surface area contributed by atoms with E-state index in [2.05, 4.69) is 6.92 Å². The molecule has 2 atom stereocenters. The average Bonchev–Trinajstić information content (AvgIpc) is 2.97. The summed E-state index contributed by atoms with van der Waals surface area (Å²) in [5.41, 5.74) is 0. The fraction of sp³-hybridized carbons (Fsp3) is 0.846. The van der Waals surface area contributed by atoms with Gasteiger partial charge in [-0.3, -0.25) is 9.59 Å². The molecule has 15 heavy (non-hydrogen) atoms. The molecular formula is C13H20O2. The number of hydrogen-bond acceptors (Lipinski definition) is 2. The lowest BCUT2D eigenvalue weighted by Gasteiger charge is -2.19. The van der Waals surface area contributed by atoms with Crippen molar-refractivity contribution >= 4 is 11.6 Å². The van der Waals surface area contributed by atoms with Gasteiger partial charge in [0, 0.05) is 11.8 Å². The molecule has 0 aromatic heterocycles. The van der Waals surface area contributed by atoms with Crippen LogP contribution in [0.3, 0.4) is 0 Å². The molecule has 2 fully saturated rings. The molecule has 0 aromatic rings. The molecule has 0 aliphatic heterocycles. The van der Waals surface area contributed by atoms with E-state index in [1.54, 1.807) is 0 Å². The van der Waals surface area contributed by atoms with Crippen LogP contribution in [-0.4, -0.2) is 11.6 Å². The molecule has 2 nitrogen and oxygen atoms in total. The Bertz CT molecular complexity index is 264. The number of carbonyl (C=O) groups excluding carboxylic acids is 2. The van der Waals surface area contributed by atoms with Crippen LogP contribution in [0.2, 0.25) is 0 Å². The highest BCUT2D eigenvalue weighted by atomic mass is 16.1. The zero-order chi connectivity index (χ0) is 10.8. The summed E-state index contributed by atoms with van der Waals surface area (Å²) >= 11 is 0. The van der Waals surface area contributed by atoms with Crippen LogP contribution < -0.4 is 0 Å². The Labute approximate surface area is 91.4 Å². The first-order valence-electron chi connectivity index (χ1n) is 6.24. The Balaban J connectivity index is 1.78. The van der Waals surface area contributed by atoms with Crippen molar-refractivity contribution < 1.29 is 9.59 Å². The smallest absolute Gasteiger partial charge is 0.143 e. The highest BCUT2D eigenvalue weighted by Gasteiger charge is 2.39. The molecule has 2 rings (SSSR count). The van der Waals surface area contributed by atoms with Crippen LogP contribution in [0.1, 0.15) is 51.9 Å². The first-order valence-corrected chi connectivity index (χ1v) is 6.24. The second kappa shape index (κ2) is 4.46. The molecule has 0 radical (unpaired) electrons. The summed E-state index contributed by atoms with van der Waals surface area (Å²) in [4.78, 5) is 23.5. The first-order chi connectivity index (χ1) is 7.18. The maximum Gasteiger partial charge on any atom is 0.143 e. The molecular weight excluding hydrogens is 188 g/mol.